The Kier molecular flexibility index (Phi) is 8.16. The summed E-state index contributed by atoms with van der Waals surface area (Å²) in [7, 11) is 0. The van der Waals surface area contributed by atoms with Crippen molar-refractivity contribution in [2.75, 3.05) is 30.0 Å². The Morgan fingerprint density at radius 1 is 1.34 bits per heavy atom. The average molecular weight is 473 g/mol. The number of ether oxygens (including phenoxy) is 1. The number of nitrogens with one attached hydrogen (secondary N) is 1. The summed E-state index contributed by atoms with van der Waals surface area (Å²) in [6.45, 7) is 4.27. The maximum atomic E-state index is 13.6. The van der Waals surface area contributed by atoms with Crippen LogP contribution in [0.2, 0.25) is 15.6 Å². The van der Waals surface area contributed by atoms with E-state index in [9.17, 15) is 23.2 Å². The Hall–Kier alpha value is -1.99. The molecular weight excluding hydrogens is 447 g/mol. The van der Waals surface area contributed by atoms with Crippen LogP contribution in [0.25, 0.3) is 0 Å². The van der Waals surface area contributed by atoms with Crippen LogP contribution >= 0.6 is 0 Å². The van der Waals surface area contributed by atoms with Crippen molar-refractivity contribution in [1.82, 2.24) is 0 Å². The summed E-state index contributed by atoms with van der Waals surface area (Å²) in [5, 5.41) is 3.31. The summed E-state index contributed by atoms with van der Waals surface area (Å²) >= 11 is -1.88. The average Bonchev–Trinajstić information content (AvgIpc) is 2.61. The van der Waals surface area contributed by atoms with E-state index in [0.29, 0.717) is 5.92 Å². The van der Waals surface area contributed by atoms with Crippen molar-refractivity contribution in [3.63, 3.8) is 0 Å². The van der Waals surface area contributed by atoms with Gasteiger partial charge in [-0.2, -0.15) is 0 Å². The number of carbonyl (C=O) groups excluding carboxylic acids is 3. The molecule has 2 unspecified atom stereocenters. The van der Waals surface area contributed by atoms with Gasteiger partial charge in [-0.1, -0.05) is 0 Å². The van der Waals surface area contributed by atoms with Crippen LogP contribution in [0.5, 0.6) is 0 Å². The Labute approximate surface area is 173 Å². The second-order valence-electron chi connectivity index (χ2n) is 7.30. The first-order valence-corrected chi connectivity index (χ1v) is 13.5. The fourth-order valence-corrected chi connectivity index (χ4v) is 8.01. The van der Waals surface area contributed by atoms with E-state index in [1.807, 2.05) is 19.6 Å². The number of hydrogen-bond acceptors (Lipinski definition) is 4. The molecule has 1 aliphatic rings. The fourth-order valence-electron chi connectivity index (χ4n) is 3.26. The van der Waals surface area contributed by atoms with Gasteiger partial charge in [-0.25, -0.2) is 0 Å². The molecule has 0 aromatic heterocycles. The molecule has 29 heavy (non-hydrogen) atoms. The van der Waals surface area contributed by atoms with E-state index in [1.165, 1.54) is 17.0 Å². The van der Waals surface area contributed by atoms with E-state index in [2.05, 4.69) is 5.32 Å². The zero-order chi connectivity index (χ0) is 21.7. The van der Waals surface area contributed by atoms with E-state index < -0.39 is 43.5 Å². The quantitative estimate of drug-likeness (QED) is 0.448. The summed E-state index contributed by atoms with van der Waals surface area (Å²) < 4.78 is 31.4. The molecule has 3 N–H and O–H groups in total. The van der Waals surface area contributed by atoms with E-state index in [1.54, 1.807) is 0 Å². The van der Waals surface area contributed by atoms with Crippen LogP contribution in [0.1, 0.15) is 25.8 Å². The number of anilines is 2. The number of hydrogen-bond donors (Lipinski definition) is 2. The van der Waals surface area contributed by atoms with Crippen molar-refractivity contribution < 1.29 is 27.9 Å². The SMILES string of the molecule is CC(C)C[As](C)C(C(N)=O)C(=O)Nc1ccc(N2CCOCC2=O)c(C(F)F)c1. The van der Waals surface area contributed by atoms with E-state index >= 15 is 0 Å². The number of nitrogens with two attached hydrogens (primary N) is 1. The predicted octanol–water partition coefficient (Wildman–Crippen LogP) is 2.56. The molecule has 1 aromatic carbocycles. The number of alkyl halides is 2. The first kappa shape index (κ1) is 23.3. The van der Waals surface area contributed by atoms with Gasteiger partial charge < -0.3 is 0 Å². The van der Waals surface area contributed by atoms with Crippen LogP contribution in [0, 0.1) is 5.92 Å². The standard InChI is InChI=1S/C19H26AsF2N3O4/c1-11(2)9-20(3)16(18(23)27)19(28)24-12-4-5-14(13(8-12)17(21)22)25-6-7-29-10-15(25)26/h4-5,8,11,16-17H,6-7,9-10H2,1-3H3,(H2,23,27)(H,24,28). The number of amides is 3. The van der Waals surface area contributed by atoms with Crippen molar-refractivity contribution in [2.45, 2.75) is 35.9 Å². The minimum absolute atomic E-state index is 0.0840. The molecule has 1 aliphatic heterocycles. The Morgan fingerprint density at radius 2 is 2.03 bits per heavy atom. The number of primary amides is 1. The zero-order valence-corrected chi connectivity index (χ0v) is 18.5. The van der Waals surface area contributed by atoms with Crippen LogP contribution in [0.15, 0.2) is 18.2 Å². The number of benzene rings is 1. The third-order valence-electron chi connectivity index (χ3n) is 4.42. The fraction of sp³-hybridized carbons (Fsp3) is 0.526. The molecule has 1 heterocycles. The van der Waals surface area contributed by atoms with Gasteiger partial charge in [0.1, 0.15) is 0 Å². The van der Waals surface area contributed by atoms with Crippen molar-refractivity contribution in [2.24, 2.45) is 11.7 Å². The molecular formula is C19H26AsF2N3O4. The topological polar surface area (TPSA) is 102 Å². The van der Waals surface area contributed by atoms with Crippen molar-refractivity contribution in [3.8, 4) is 0 Å². The van der Waals surface area contributed by atoms with E-state index in [4.69, 9.17) is 10.5 Å². The molecule has 0 bridgehead atoms. The third-order valence-corrected chi connectivity index (χ3v) is 10.0. The number of rotatable bonds is 8. The summed E-state index contributed by atoms with van der Waals surface area (Å²) in [5.74, 6) is -1.35. The number of carbonyl (C=O) groups is 3. The summed E-state index contributed by atoms with van der Waals surface area (Å²) in [5.41, 5.74) is 7.19. The molecule has 1 aromatic rings. The molecule has 1 saturated heterocycles. The van der Waals surface area contributed by atoms with Crippen LogP contribution in [-0.4, -0.2) is 52.1 Å². The molecule has 160 valence electrons. The van der Waals surface area contributed by atoms with Crippen molar-refractivity contribution in [3.05, 3.63) is 23.8 Å². The van der Waals surface area contributed by atoms with Gasteiger partial charge in [0.05, 0.1) is 0 Å². The molecule has 2 atom stereocenters. The minimum atomic E-state index is -2.85. The van der Waals surface area contributed by atoms with Gasteiger partial charge in [0.2, 0.25) is 0 Å². The summed E-state index contributed by atoms with van der Waals surface area (Å²) in [4.78, 5) is 37.8. The number of morpholine rings is 1. The molecule has 3 amide bonds. The maximum absolute atomic E-state index is 13.6. The monoisotopic (exact) mass is 473 g/mol. The van der Waals surface area contributed by atoms with Gasteiger partial charge in [0.15, 0.2) is 0 Å². The molecule has 10 heteroatoms. The summed E-state index contributed by atoms with van der Waals surface area (Å²) in [6, 6.07) is 3.94. The normalized spacial score (nSPS) is 16.8. The molecule has 2 rings (SSSR count). The number of halogens is 2. The number of nitrogens with zero attached hydrogens (tertiary/aromatic N) is 1. The third kappa shape index (κ3) is 5.99. The molecule has 0 saturated carbocycles. The van der Waals surface area contributed by atoms with Crippen LogP contribution < -0.4 is 16.0 Å². The van der Waals surface area contributed by atoms with Crippen LogP contribution in [-0.2, 0) is 19.1 Å². The Morgan fingerprint density at radius 3 is 2.59 bits per heavy atom. The van der Waals surface area contributed by atoms with E-state index in [-0.39, 0.29) is 36.7 Å². The van der Waals surface area contributed by atoms with Crippen LogP contribution in [0.4, 0.5) is 20.2 Å². The van der Waals surface area contributed by atoms with Crippen LogP contribution in [0.3, 0.4) is 0 Å². The first-order chi connectivity index (χ1) is 13.6. The van der Waals surface area contributed by atoms with E-state index in [0.717, 1.165) is 11.3 Å². The zero-order valence-electron chi connectivity index (χ0n) is 16.7. The predicted molar refractivity (Wildman–Crippen MR) is 107 cm³/mol. The second kappa shape index (κ2) is 10.2. The molecule has 0 spiro atoms. The van der Waals surface area contributed by atoms with Gasteiger partial charge in [-0.15, -0.1) is 0 Å². The Bertz CT molecular complexity index is 776. The summed E-state index contributed by atoms with van der Waals surface area (Å²) in [6.07, 6.45) is -2.85. The van der Waals surface area contributed by atoms with Gasteiger partial charge in [-0.3, -0.25) is 0 Å². The first-order valence-electron chi connectivity index (χ1n) is 9.22. The van der Waals surface area contributed by atoms with Crippen molar-refractivity contribution >= 4 is 43.7 Å². The second-order valence-corrected chi connectivity index (χ2v) is 12.3. The van der Waals surface area contributed by atoms with Gasteiger partial charge in [0, 0.05) is 0 Å². The molecule has 0 aliphatic carbocycles. The molecule has 7 nitrogen and oxygen atoms in total. The molecule has 1 fully saturated rings. The molecule has 0 radical (unpaired) electrons. The van der Waals surface area contributed by atoms with Gasteiger partial charge in [0.25, 0.3) is 0 Å². The van der Waals surface area contributed by atoms with Gasteiger partial charge >= 0.3 is 173 Å². The Balaban J connectivity index is 2.26. The van der Waals surface area contributed by atoms with Gasteiger partial charge in [-0.05, 0) is 0 Å². The van der Waals surface area contributed by atoms with Crippen molar-refractivity contribution in [1.29, 1.82) is 0 Å².